The summed E-state index contributed by atoms with van der Waals surface area (Å²) in [5.74, 6) is 0. The summed E-state index contributed by atoms with van der Waals surface area (Å²) in [6.45, 7) is 1.92. The van der Waals surface area contributed by atoms with Gasteiger partial charge in [0.2, 0.25) is 22.8 Å². The van der Waals surface area contributed by atoms with Crippen LogP contribution in [0.1, 0.15) is 141 Å². The minimum Gasteiger partial charge on any atom is -0.201 e. The minimum absolute atomic E-state index is 0.00694. The van der Waals surface area contributed by atoms with Gasteiger partial charge in [-0.2, -0.15) is 0 Å². The van der Waals surface area contributed by atoms with E-state index >= 15 is 0 Å². The van der Waals surface area contributed by atoms with Gasteiger partial charge in [-0.1, -0.05) is 166 Å². The molecule has 470 valence electrons. The van der Waals surface area contributed by atoms with E-state index in [0.29, 0.717) is 61.5 Å². The smallest absolute Gasteiger partial charge is 0.201 e. The van der Waals surface area contributed by atoms with Crippen LogP contribution in [0.5, 0.6) is 0 Å². The van der Waals surface area contributed by atoms with Crippen LogP contribution in [-0.2, 0) is 34.6 Å². The monoisotopic (exact) mass is 1260 g/mol. The second-order valence-corrected chi connectivity index (χ2v) is 23.9. The van der Waals surface area contributed by atoms with Crippen molar-refractivity contribution in [2.24, 2.45) is 33.6 Å². The Morgan fingerprint density at radius 3 is 1.12 bits per heavy atom. The Labute approximate surface area is 607 Å². The second-order valence-electron chi connectivity index (χ2n) is 23.9. The Morgan fingerprint density at radius 2 is 0.710 bits per heavy atom. The molecule has 8 aromatic carbocycles. The summed E-state index contributed by atoms with van der Waals surface area (Å²) in [7, 11) is 7.10. The Kier molecular flexibility index (Phi) is 11.3. The quantitative estimate of drug-likeness (QED) is 0.128. The molecule has 93 heavy (non-hydrogen) atoms. The number of pyridine rings is 4. The van der Waals surface area contributed by atoms with Gasteiger partial charge in [-0.05, 0) is 231 Å². The van der Waals surface area contributed by atoms with Crippen molar-refractivity contribution < 1.29 is 66.2 Å². The molecule has 0 aliphatic rings. The first kappa shape index (κ1) is 35.4. The zero-order valence-electron chi connectivity index (χ0n) is 89.6. The molecular weight excluding hydrogens is 1130 g/mol. The van der Waals surface area contributed by atoms with Crippen molar-refractivity contribution >= 4 is 0 Å². The fraction of sp³-hybridized carbons (Fsp3) is 0.236. The summed E-state index contributed by atoms with van der Waals surface area (Å²) >= 11 is 0. The summed E-state index contributed by atoms with van der Waals surface area (Å²) < 4.78 is 288. The van der Waals surface area contributed by atoms with Gasteiger partial charge in [0.1, 0.15) is 28.2 Å². The first-order valence-corrected chi connectivity index (χ1v) is 30.0. The SMILES string of the molecule is [2H]C([2H])([2H])c1cc(C)c(-c2cc(C)c(C([2H])([2H])C(C)(C)C)c[n+]2C)cc1-c1ccccc1.[2H]c1c([2H])c([2H])c(-c2cc(-c3cc(C)c(C([2H])([2H])[2H])c[n+]3C)c(C)cc2C([2H])([2H])[2H])c([2H])c1[2H].[2H]c1c([2H])c([2H])c(-c2cc(-c3ccc(C([2H])([2H])[2H])c[n+]3C)c(C)cc2C([2H])([2H])[2H])c([2H])c1[2H].[2H]c1c([2H])c([2H])c(-c2cc(-c3cccc[n+]3C)c(C)cc2C([2H])([2H])[2H])c([2H])c1[2H]. The van der Waals surface area contributed by atoms with Gasteiger partial charge in [0.05, 0.1) is 20.6 Å². The van der Waals surface area contributed by atoms with Gasteiger partial charge in [-0.15, -0.1) is 0 Å². The fourth-order valence-corrected chi connectivity index (χ4v) is 10.8. The molecule has 12 rings (SSSR count). The lowest BCUT2D eigenvalue weighted by atomic mass is 9.86. The van der Waals surface area contributed by atoms with Gasteiger partial charge >= 0.3 is 0 Å². The average molecular weight is 1260 g/mol. The zero-order valence-corrected chi connectivity index (χ0v) is 54.6. The van der Waals surface area contributed by atoms with Gasteiger partial charge in [0.15, 0.2) is 24.8 Å². The van der Waals surface area contributed by atoms with E-state index in [9.17, 15) is 0 Å². The summed E-state index contributed by atoms with van der Waals surface area (Å²) in [6, 6.07) is 27.0. The molecule has 0 amide bonds. The third kappa shape index (κ3) is 16.5. The van der Waals surface area contributed by atoms with Gasteiger partial charge in [-0.3, -0.25) is 0 Å². The van der Waals surface area contributed by atoms with Crippen molar-refractivity contribution in [1.29, 1.82) is 0 Å². The molecule has 0 saturated heterocycles. The normalized spacial score (nSPS) is 17.4. The third-order valence-electron chi connectivity index (χ3n) is 15.6. The standard InChI is InChI=1S/C26H32N.C22H24N.C21H22N.C20H20N/c1-18-14-25(27(7)17-22(18)16-26(4,5)6)24-15-23(19(2)13-20(24)3)21-11-9-8-10-12-21;1-15-12-22(23(5)14-18(15)4)21-13-20(16(2)11-17(21)3)19-9-7-6-8-10-19;1-15-10-11-21(22(4)14-15)20-13-19(16(2)12-17(20)3)18-8-6-5-7-9-18;1-15-13-16(2)19(20-11-7-8-12-21(20)3)14-18(15)17-9-5-4-6-10-17/h8-15,17H,16H2,1-7H3;6-14H,1-5H3;5-14H,1-4H3;4-14H,1-3H3/q4*+1/i2D3,16D2;2D3,4D3,6D,7D,8D,9D,10D;1D3,2D3,5D,6D,7D,8D,9D;1D3,4D,5D,6D,9D,10D. The van der Waals surface area contributed by atoms with E-state index in [2.05, 4.69) is 0 Å². The molecule has 0 aliphatic carbocycles. The maximum absolute atomic E-state index is 8.71. The van der Waals surface area contributed by atoms with Crippen molar-refractivity contribution in [3.63, 3.8) is 0 Å². The van der Waals surface area contributed by atoms with Crippen LogP contribution in [0.15, 0.2) is 237 Å². The molecule has 4 heterocycles. The second kappa shape index (κ2) is 29.8. The predicted octanol–water partition coefficient (Wildman–Crippen LogP) is 20.7. The third-order valence-corrected chi connectivity index (χ3v) is 15.6. The molecule has 0 radical (unpaired) electrons. The van der Waals surface area contributed by atoms with Crippen LogP contribution in [-0.4, -0.2) is 0 Å². The van der Waals surface area contributed by atoms with Crippen molar-refractivity contribution in [3.05, 3.63) is 309 Å². The zero-order chi connectivity index (χ0) is 96.7. The Hall–Kier alpha value is -9.64. The van der Waals surface area contributed by atoms with Crippen LogP contribution in [0.4, 0.5) is 0 Å². The van der Waals surface area contributed by atoms with Crippen LogP contribution in [0.25, 0.3) is 89.5 Å². The maximum atomic E-state index is 8.71. The Balaban J connectivity index is 0.000000193. The molecule has 0 N–H and O–H groups in total. The van der Waals surface area contributed by atoms with Crippen molar-refractivity contribution in [2.75, 3.05) is 0 Å². The van der Waals surface area contributed by atoms with Crippen molar-refractivity contribution in [2.45, 2.75) is 110 Å². The van der Waals surface area contributed by atoms with E-state index < -0.39 is 144 Å². The molecule has 0 fully saturated rings. The molecular formula is C89H98N4+4. The maximum Gasteiger partial charge on any atom is 0.212 e. The van der Waals surface area contributed by atoms with E-state index in [1.807, 2.05) is 131 Å². The number of rotatable bonds is 9. The molecule has 0 atom stereocenters. The topological polar surface area (TPSA) is 15.5 Å². The Bertz CT molecular complexity index is 6260. The lowest BCUT2D eigenvalue weighted by molar-refractivity contribution is -0.661. The lowest BCUT2D eigenvalue weighted by Crippen LogP contribution is -2.32. The number of hydrogen-bond donors (Lipinski definition) is 0. The van der Waals surface area contributed by atoms with E-state index in [-0.39, 0.29) is 61.2 Å². The Morgan fingerprint density at radius 1 is 0.323 bits per heavy atom. The summed E-state index contributed by atoms with van der Waals surface area (Å²) in [6.07, 6.45) is 5.19. The highest BCUT2D eigenvalue weighted by atomic mass is 14.9. The van der Waals surface area contributed by atoms with Crippen LogP contribution in [0, 0.1) is 88.1 Å². The van der Waals surface area contributed by atoms with E-state index in [1.165, 1.54) is 48.8 Å². The van der Waals surface area contributed by atoms with Crippen LogP contribution >= 0.6 is 0 Å². The molecule has 0 spiro atoms. The first-order chi connectivity index (χ1) is 58.6. The average Bonchev–Trinajstić information content (AvgIpc) is 0.837. The molecule has 0 bridgehead atoms. The van der Waals surface area contributed by atoms with E-state index in [4.69, 9.17) is 48.0 Å². The van der Waals surface area contributed by atoms with Gasteiger partial charge in [-0.25, -0.2) is 18.3 Å². The highest BCUT2D eigenvalue weighted by Crippen LogP contribution is 2.36. The van der Waals surface area contributed by atoms with E-state index in [1.54, 1.807) is 75.2 Å². The van der Waals surface area contributed by atoms with Crippen LogP contribution < -0.4 is 18.3 Å². The molecule has 4 nitrogen and oxygen atoms in total. The highest BCUT2D eigenvalue weighted by molar-refractivity contribution is 5.79. The summed E-state index contributed by atoms with van der Waals surface area (Å²) in [4.78, 5) is 0. The molecule has 0 saturated carbocycles. The van der Waals surface area contributed by atoms with Gasteiger partial charge in [0, 0.05) is 96.7 Å². The van der Waals surface area contributed by atoms with Gasteiger partial charge < -0.3 is 0 Å². The first-order valence-electron chi connectivity index (χ1n) is 47.5. The van der Waals surface area contributed by atoms with Crippen molar-refractivity contribution in [1.82, 2.24) is 0 Å². The van der Waals surface area contributed by atoms with Crippen molar-refractivity contribution in [3.8, 4) is 89.5 Å². The summed E-state index contributed by atoms with van der Waals surface area (Å²) in [5, 5.41) is 0. The van der Waals surface area contributed by atoms with E-state index in [0.717, 1.165) is 39.2 Å². The number of aryl methyl sites for hydroxylation is 16. The molecule has 0 aliphatic heterocycles. The molecule has 0 unspecified atom stereocenters. The van der Waals surface area contributed by atoms with Crippen LogP contribution in [0.2, 0.25) is 0 Å². The number of hydrogen-bond acceptors (Lipinski definition) is 0. The predicted molar refractivity (Wildman–Crippen MR) is 394 cm³/mol. The highest BCUT2D eigenvalue weighted by Gasteiger charge is 2.23. The number of benzene rings is 8. The molecule has 4 aromatic heterocycles. The number of aromatic nitrogens is 4. The number of nitrogens with zero attached hydrogens (tertiary/aromatic N) is 4. The summed E-state index contributed by atoms with van der Waals surface area (Å²) in [5.41, 5.74) is 11.4. The van der Waals surface area contributed by atoms with Gasteiger partial charge in [0.25, 0.3) is 0 Å². The molecule has 4 heteroatoms. The largest absolute Gasteiger partial charge is 0.212 e. The van der Waals surface area contributed by atoms with Crippen LogP contribution in [0.3, 0.4) is 0 Å². The lowest BCUT2D eigenvalue weighted by Gasteiger charge is -2.19. The fourth-order valence-electron chi connectivity index (χ4n) is 10.8. The minimum atomic E-state index is -2.61. The molecule has 12 aromatic rings.